The molecule has 3 heterocycles. The van der Waals surface area contributed by atoms with Crippen molar-refractivity contribution in [3.05, 3.63) is 59.9 Å². The fraction of sp³-hybridized carbons (Fsp3) is 0.458. The van der Waals surface area contributed by atoms with Crippen molar-refractivity contribution in [1.29, 1.82) is 0 Å². The second-order valence-corrected chi connectivity index (χ2v) is 8.71. The van der Waals surface area contributed by atoms with E-state index in [0.29, 0.717) is 37.7 Å². The molecular formula is C24H29N3O3. The van der Waals surface area contributed by atoms with Crippen molar-refractivity contribution >= 4 is 11.8 Å². The number of rotatable bonds is 5. The van der Waals surface area contributed by atoms with Crippen molar-refractivity contribution in [2.45, 2.75) is 26.3 Å². The van der Waals surface area contributed by atoms with Crippen LogP contribution in [0.2, 0.25) is 0 Å². The number of methoxy groups -OCH3 is 1. The molecule has 30 heavy (non-hydrogen) atoms. The second kappa shape index (κ2) is 8.46. The van der Waals surface area contributed by atoms with Crippen molar-refractivity contribution in [1.82, 2.24) is 14.8 Å². The van der Waals surface area contributed by atoms with Crippen molar-refractivity contribution in [2.75, 3.05) is 26.7 Å². The number of carbonyl (C=O) groups excluding carboxylic acids is 2. The van der Waals surface area contributed by atoms with E-state index in [-0.39, 0.29) is 29.7 Å². The molecule has 2 aliphatic heterocycles. The standard InChI is InChI=1S/C24H29N3O3/c1-16(2)12-22(28)27-14-18-13-26(24(29)21-6-4-5-11-25-21)15-20(18)23(27)17-7-9-19(30-3)10-8-17/h4-11,16,18,20,23H,12-15H2,1-3H3/t18-,20-,23-/m0/s1. The Bertz CT molecular complexity index is 898. The topological polar surface area (TPSA) is 62.7 Å². The Kier molecular flexibility index (Phi) is 5.75. The zero-order chi connectivity index (χ0) is 21.3. The molecular weight excluding hydrogens is 378 g/mol. The van der Waals surface area contributed by atoms with E-state index < -0.39 is 0 Å². The van der Waals surface area contributed by atoms with Crippen LogP contribution in [0.4, 0.5) is 0 Å². The molecule has 2 aromatic rings. The van der Waals surface area contributed by atoms with Gasteiger partial charge >= 0.3 is 0 Å². The van der Waals surface area contributed by atoms with E-state index in [2.05, 4.69) is 18.8 Å². The van der Waals surface area contributed by atoms with Gasteiger partial charge in [0.15, 0.2) is 0 Å². The molecule has 4 rings (SSSR count). The van der Waals surface area contributed by atoms with Gasteiger partial charge in [0.05, 0.1) is 13.2 Å². The first-order chi connectivity index (χ1) is 14.5. The van der Waals surface area contributed by atoms with Gasteiger partial charge in [-0.25, -0.2) is 0 Å². The molecule has 2 fully saturated rings. The van der Waals surface area contributed by atoms with Crippen molar-refractivity contribution in [3.63, 3.8) is 0 Å². The van der Waals surface area contributed by atoms with Gasteiger partial charge in [-0.15, -0.1) is 0 Å². The Hall–Kier alpha value is -2.89. The predicted octanol–water partition coefficient (Wildman–Crippen LogP) is 3.41. The van der Waals surface area contributed by atoms with E-state index in [9.17, 15) is 9.59 Å². The Labute approximate surface area is 177 Å². The minimum atomic E-state index is -0.0291. The minimum Gasteiger partial charge on any atom is -0.497 e. The number of carbonyl (C=O) groups is 2. The van der Waals surface area contributed by atoms with Crippen LogP contribution in [0.25, 0.3) is 0 Å². The number of pyridine rings is 1. The molecule has 0 aliphatic carbocycles. The normalized spacial score (nSPS) is 23.0. The summed E-state index contributed by atoms with van der Waals surface area (Å²) < 4.78 is 5.30. The van der Waals surface area contributed by atoms with Crippen molar-refractivity contribution in [2.24, 2.45) is 17.8 Å². The van der Waals surface area contributed by atoms with Gasteiger partial charge < -0.3 is 14.5 Å². The second-order valence-electron chi connectivity index (χ2n) is 8.71. The molecule has 6 nitrogen and oxygen atoms in total. The summed E-state index contributed by atoms with van der Waals surface area (Å²) in [5.41, 5.74) is 1.58. The molecule has 0 unspecified atom stereocenters. The molecule has 0 bridgehead atoms. The Morgan fingerprint density at radius 2 is 1.87 bits per heavy atom. The van der Waals surface area contributed by atoms with Gasteiger partial charge in [-0.1, -0.05) is 32.0 Å². The van der Waals surface area contributed by atoms with Gasteiger partial charge in [0.1, 0.15) is 11.4 Å². The van der Waals surface area contributed by atoms with Crippen LogP contribution in [0.3, 0.4) is 0 Å². The van der Waals surface area contributed by atoms with E-state index in [1.165, 1.54) is 0 Å². The molecule has 3 atom stereocenters. The highest BCUT2D eigenvalue weighted by atomic mass is 16.5. The molecule has 0 spiro atoms. The summed E-state index contributed by atoms with van der Waals surface area (Å²) in [7, 11) is 1.65. The lowest BCUT2D eigenvalue weighted by atomic mass is 9.89. The fourth-order valence-corrected chi connectivity index (χ4v) is 4.81. The van der Waals surface area contributed by atoms with E-state index in [4.69, 9.17) is 4.74 Å². The molecule has 6 heteroatoms. The number of hydrogen-bond acceptors (Lipinski definition) is 4. The molecule has 1 aromatic carbocycles. The van der Waals surface area contributed by atoms with E-state index in [1.807, 2.05) is 46.2 Å². The first-order valence-corrected chi connectivity index (χ1v) is 10.6. The summed E-state index contributed by atoms with van der Waals surface area (Å²) in [6, 6.07) is 13.4. The van der Waals surface area contributed by atoms with Crippen LogP contribution in [-0.2, 0) is 4.79 Å². The number of amides is 2. The third-order valence-electron chi connectivity index (χ3n) is 6.20. The lowest BCUT2D eigenvalue weighted by Crippen LogP contribution is -2.38. The summed E-state index contributed by atoms with van der Waals surface area (Å²) in [6.45, 7) is 6.15. The molecule has 2 aliphatic rings. The summed E-state index contributed by atoms with van der Waals surface area (Å²) in [5, 5.41) is 0. The van der Waals surface area contributed by atoms with Crippen molar-refractivity contribution in [3.8, 4) is 5.75 Å². The first kappa shape index (κ1) is 20.4. The van der Waals surface area contributed by atoms with Gasteiger partial charge in [0.2, 0.25) is 5.91 Å². The highest BCUT2D eigenvalue weighted by Crippen LogP contribution is 2.45. The zero-order valence-electron chi connectivity index (χ0n) is 17.8. The monoisotopic (exact) mass is 407 g/mol. The largest absolute Gasteiger partial charge is 0.497 e. The molecule has 2 saturated heterocycles. The summed E-state index contributed by atoms with van der Waals surface area (Å²) in [5.74, 6) is 1.79. The predicted molar refractivity (Wildman–Crippen MR) is 114 cm³/mol. The Morgan fingerprint density at radius 3 is 2.50 bits per heavy atom. The third kappa shape index (κ3) is 3.91. The lowest BCUT2D eigenvalue weighted by molar-refractivity contribution is -0.133. The van der Waals surface area contributed by atoms with Gasteiger partial charge in [0.25, 0.3) is 5.91 Å². The average Bonchev–Trinajstić information content (AvgIpc) is 3.31. The van der Waals surface area contributed by atoms with Crippen LogP contribution >= 0.6 is 0 Å². The van der Waals surface area contributed by atoms with E-state index in [0.717, 1.165) is 11.3 Å². The fourth-order valence-electron chi connectivity index (χ4n) is 4.81. The summed E-state index contributed by atoms with van der Waals surface area (Å²) in [4.78, 5) is 34.1. The van der Waals surface area contributed by atoms with Crippen LogP contribution < -0.4 is 4.74 Å². The van der Waals surface area contributed by atoms with Crippen molar-refractivity contribution < 1.29 is 14.3 Å². The maximum atomic E-state index is 13.0. The summed E-state index contributed by atoms with van der Waals surface area (Å²) in [6.07, 6.45) is 2.19. The van der Waals surface area contributed by atoms with Gasteiger partial charge in [-0.2, -0.15) is 0 Å². The highest BCUT2D eigenvalue weighted by molar-refractivity contribution is 5.92. The van der Waals surface area contributed by atoms with E-state index >= 15 is 0 Å². The Balaban J connectivity index is 1.59. The quantitative estimate of drug-likeness (QED) is 0.762. The third-order valence-corrected chi connectivity index (χ3v) is 6.20. The molecule has 2 amide bonds. The SMILES string of the molecule is COc1ccc([C@H]2[C@H]3CN(C(=O)c4ccccn4)C[C@H]3CN2C(=O)CC(C)C)cc1. The number of ether oxygens (including phenoxy) is 1. The molecule has 0 N–H and O–H groups in total. The Morgan fingerprint density at radius 1 is 1.10 bits per heavy atom. The van der Waals surface area contributed by atoms with Gasteiger partial charge in [-0.05, 0) is 35.7 Å². The van der Waals surface area contributed by atoms with Crippen LogP contribution in [0.15, 0.2) is 48.7 Å². The number of likely N-dealkylation sites (tertiary alicyclic amines) is 2. The van der Waals surface area contributed by atoms with Gasteiger partial charge in [0, 0.05) is 44.1 Å². The van der Waals surface area contributed by atoms with E-state index in [1.54, 1.807) is 19.4 Å². The number of fused-ring (bicyclic) bond motifs is 1. The van der Waals surface area contributed by atoms with Crippen LogP contribution in [0.1, 0.15) is 42.4 Å². The molecule has 0 radical (unpaired) electrons. The summed E-state index contributed by atoms with van der Waals surface area (Å²) >= 11 is 0. The maximum absolute atomic E-state index is 13.0. The maximum Gasteiger partial charge on any atom is 0.272 e. The lowest BCUT2D eigenvalue weighted by Gasteiger charge is -2.30. The van der Waals surface area contributed by atoms with Gasteiger partial charge in [-0.3, -0.25) is 14.6 Å². The van der Waals surface area contributed by atoms with Crippen LogP contribution in [0, 0.1) is 17.8 Å². The number of nitrogens with zero attached hydrogens (tertiary/aromatic N) is 3. The molecule has 158 valence electrons. The smallest absolute Gasteiger partial charge is 0.272 e. The first-order valence-electron chi connectivity index (χ1n) is 10.6. The highest BCUT2D eigenvalue weighted by Gasteiger charge is 2.50. The molecule has 1 aromatic heterocycles. The van der Waals surface area contributed by atoms with Crippen LogP contribution in [-0.4, -0.2) is 53.3 Å². The average molecular weight is 408 g/mol. The zero-order valence-corrected chi connectivity index (χ0v) is 17.8. The number of aromatic nitrogens is 1. The number of hydrogen-bond donors (Lipinski definition) is 0. The molecule has 0 saturated carbocycles. The minimum absolute atomic E-state index is 0.0197. The number of benzene rings is 1. The van der Waals surface area contributed by atoms with Crippen LogP contribution in [0.5, 0.6) is 5.75 Å².